The van der Waals surface area contributed by atoms with Gasteiger partial charge in [0.2, 0.25) is 0 Å². The Labute approximate surface area is 127 Å². The zero-order chi connectivity index (χ0) is 15.3. The standard InChI is InChI=1S/C18H25FO2/c1-2-3-4-5-6-9-14-21-18-12-11-17(19)15-16(18)10-7-8-13-20/h11-12,15,20H,2-6,8-9,13-14H2,1H3. The molecule has 0 bridgehead atoms. The molecule has 2 nitrogen and oxygen atoms in total. The molecule has 0 aromatic heterocycles. The van der Waals surface area contributed by atoms with Gasteiger partial charge in [-0.3, -0.25) is 0 Å². The zero-order valence-electron chi connectivity index (χ0n) is 12.8. The molecule has 0 saturated heterocycles. The van der Waals surface area contributed by atoms with Gasteiger partial charge in [-0.05, 0) is 24.6 Å². The number of hydrogen-bond donors (Lipinski definition) is 1. The van der Waals surface area contributed by atoms with Crippen molar-refractivity contribution in [2.45, 2.75) is 51.9 Å². The summed E-state index contributed by atoms with van der Waals surface area (Å²) in [5.41, 5.74) is 0.550. The molecular formula is C18H25FO2. The van der Waals surface area contributed by atoms with Crippen LogP contribution in [0.1, 0.15) is 57.4 Å². The van der Waals surface area contributed by atoms with Gasteiger partial charge in [-0.1, -0.05) is 50.9 Å². The van der Waals surface area contributed by atoms with Gasteiger partial charge >= 0.3 is 0 Å². The second kappa shape index (κ2) is 11.2. The molecule has 0 aliphatic carbocycles. The summed E-state index contributed by atoms with van der Waals surface area (Å²) in [7, 11) is 0. The highest BCUT2D eigenvalue weighted by atomic mass is 19.1. The summed E-state index contributed by atoms with van der Waals surface area (Å²) in [6.45, 7) is 2.85. The molecule has 0 radical (unpaired) electrons. The Bertz CT molecular complexity index is 460. The predicted molar refractivity (Wildman–Crippen MR) is 83.9 cm³/mol. The number of ether oxygens (including phenoxy) is 1. The Hall–Kier alpha value is -1.53. The highest BCUT2D eigenvalue weighted by molar-refractivity contribution is 5.46. The van der Waals surface area contributed by atoms with E-state index >= 15 is 0 Å². The van der Waals surface area contributed by atoms with E-state index in [0.29, 0.717) is 24.3 Å². The lowest BCUT2D eigenvalue weighted by atomic mass is 10.1. The summed E-state index contributed by atoms with van der Waals surface area (Å²) in [5.74, 6) is 5.94. The Morgan fingerprint density at radius 3 is 2.67 bits per heavy atom. The molecule has 0 fully saturated rings. The van der Waals surface area contributed by atoms with E-state index in [9.17, 15) is 4.39 Å². The lowest BCUT2D eigenvalue weighted by Gasteiger charge is -2.08. The third kappa shape index (κ3) is 7.72. The number of unbranched alkanes of at least 4 members (excludes halogenated alkanes) is 5. The highest BCUT2D eigenvalue weighted by Crippen LogP contribution is 2.19. The van der Waals surface area contributed by atoms with Crippen LogP contribution in [0.5, 0.6) is 5.75 Å². The van der Waals surface area contributed by atoms with E-state index in [2.05, 4.69) is 18.8 Å². The van der Waals surface area contributed by atoms with Gasteiger partial charge in [0.1, 0.15) is 11.6 Å². The lowest BCUT2D eigenvalue weighted by molar-refractivity contribution is 0.302. The van der Waals surface area contributed by atoms with Crippen molar-refractivity contribution in [1.82, 2.24) is 0 Å². The van der Waals surface area contributed by atoms with Crippen molar-refractivity contribution < 1.29 is 14.2 Å². The van der Waals surface area contributed by atoms with E-state index in [1.54, 1.807) is 6.07 Å². The van der Waals surface area contributed by atoms with Crippen LogP contribution < -0.4 is 4.74 Å². The molecule has 1 aromatic rings. The molecule has 1 N–H and O–H groups in total. The molecule has 0 spiro atoms. The zero-order valence-corrected chi connectivity index (χ0v) is 12.8. The molecule has 21 heavy (non-hydrogen) atoms. The molecule has 116 valence electrons. The third-order valence-electron chi connectivity index (χ3n) is 3.16. The molecule has 0 aliphatic rings. The first kappa shape index (κ1) is 17.5. The molecule has 1 rings (SSSR count). The van der Waals surface area contributed by atoms with Crippen LogP contribution in [0.4, 0.5) is 4.39 Å². The van der Waals surface area contributed by atoms with E-state index in [1.807, 2.05) is 0 Å². The largest absolute Gasteiger partial charge is 0.492 e. The van der Waals surface area contributed by atoms with Crippen LogP contribution in [0, 0.1) is 17.7 Å². The van der Waals surface area contributed by atoms with Crippen molar-refractivity contribution in [2.75, 3.05) is 13.2 Å². The van der Waals surface area contributed by atoms with Crippen molar-refractivity contribution >= 4 is 0 Å². The number of aliphatic hydroxyl groups excluding tert-OH is 1. The van der Waals surface area contributed by atoms with Crippen LogP contribution in [0.2, 0.25) is 0 Å². The molecule has 0 heterocycles. The molecule has 1 aromatic carbocycles. The van der Waals surface area contributed by atoms with E-state index in [4.69, 9.17) is 9.84 Å². The summed E-state index contributed by atoms with van der Waals surface area (Å²) in [6, 6.07) is 4.38. The molecule has 0 atom stereocenters. The lowest BCUT2D eigenvalue weighted by Crippen LogP contribution is -1.99. The Kier molecular flexibility index (Phi) is 9.32. The number of hydrogen-bond acceptors (Lipinski definition) is 2. The van der Waals surface area contributed by atoms with Crippen molar-refractivity contribution in [3.63, 3.8) is 0 Å². The fourth-order valence-corrected chi connectivity index (χ4v) is 2.00. The van der Waals surface area contributed by atoms with Gasteiger partial charge in [-0.25, -0.2) is 4.39 Å². The average molecular weight is 292 g/mol. The molecule has 0 unspecified atom stereocenters. The minimum atomic E-state index is -0.324. The van der Waals surface area contributed by atoms with Crippen molar-refractivity contribution in [3.05, 3.63) is 29.6 Å². The van der Waals surface area contributed by atoms with Gasteiger partial charge in [-0.15, -0.1) is 0 Å². The minimum Gasteiger partial charge on any atom is -0.492 e. The van der Waals surface area contributed by atoms with Crippen molar-refractivity contribution in [3.8, 4) is 17.6 Å². The van der Waals surface area contributed by atoms with Gasteiger partial charge in [0.25, 0.3) is 0 Å². The van der Waals surface area contributed by atoms with Gasteiger partial charge < -0.3 is 9.84 Å². The van der Waals surface area contributed by atoms with Crippen LogP contribution in [0.15, 0.2) is 18.2 Å². The number of rotatable bonds is 9. The Balaban J connectivity index is 2.42. The van der Waals surface area contributed by atoms with E-state index in [0.717, 1.165) is 12.8 Å². The maximum Gasteiger partial charge on any atom is 0.135 e. The summed E-state index contributed by atoms with van der Waals surface area (Å²) in [6.07, 6.45) is 7.62. The third-order valence-corrected chi connectivity index (χ3v) is 3.16. The predicted octanol–water partition coefficient (Wildman–Crippen LogP) is 4.30. The second-order valence-corrected chi connectivity index (χ2v) is 5.03. The van der Waals surface area contributed by atoms with Gasteiger partial charge in [-0.2, -0.15) is 0 Å². The van der Waals surface area contributed by atoms with E-state index in [1.165, 1.54) is 37.8 Å². The monoisotopic (exact) mass is 292 g/mol. The van der Waals surface area contributed by atoms with Gasteiger partial charge in [0.05, 0.1) is 18.8 Å². The first-order valence-electron chi connectivity index (χ1n) is 7.80. The van der Waals surface area contributed by atoms with Crippen LogP contribution in [0.25, 0.3) is 0 Å². The highest BCUT2D eigenvalue weighted by Gasteiger charge is 2.03. The maximum absolute atomic E-state index is 13.2. The summed E-state index contributed by atoms with van der Waals surface area (Å²) < 4.78 is 18.9. The smallest absolute Gasteiger partial charge is 0.135 e. The van der Waals surface area contributed by atoms with E-state index < -0.39 is 0 Å². The van der Waals surface area contributed by atoms with Crippen LogP contribution in [-0.4, -0.2) is 18.3 Å². The number of halogens is 1. The molecule has 0 amide bonds. The van der Waals surface area contributed by atoms with Gasteiger partial charge in [0, 0.05) is 6.42 Å². The second-order valence-electron chi connectivity index (χ2n) is 5.03. The topological polar surface area (TPSA) is 29.5 Å². The number of benzene rings is 1. The first-order chi connectivity index (χ1) is 10.3. The Morgan fingerprint density at radius 2 is 1.90 bits per heavy atom. The average Bonchev–Trinajstić information content (AvgIpc) is 2.48. The van der Waals surface area contributed by atoms with Crippen molar-refractivity contribution in [1.29, 1.82) is 0 Å². The maximum atomic E-state index is 13.2. The molecule has 0 saturated carbocycles. The molecule has 3 heteroatoms. The van der Waals surface area contributed by atoms with Crippen LogP contribution in [0.3, 0.4) is 0 Å². The van der Waals surface area contributed by atoms with Crippen LogP contribution in [-0.2, 0) is 0 Å². The first-order valence-corrected chi connectivity index (χ1v) is 7.80. The van der Waals surface area contributed by atoms with Crippen molar-refractivity contribution in [2.24, 2.45) is 0 Å². The minimum absolute atomic E-state index is 0.0102. The van der Waals surface area contributed by atoms with Crippen LogP contribution >= 0.6 is 0 Å². The molecular weight excluding hydrogens is 267 g/mol. The quantitative estimate of drug-likeness (QED) is 0.543. The van der Waals surface area contributed by atoms with Gasteiger partial charge in [0.15, 0.2) is 0 Å². The molecule has 0 aliphatic heterocycles. The fraction of sp³-hybridized carbons (Fsp3) is 0.556. The van der Waals surface area contributed by atoms with E-state index in [-0.39, 0.29) is 12.4 Å². The number of aliphatic hydroxyl groups is 1. The SMILES string of the molecule is CCCCCCCCOc1ccc(F)cc1C#CCCO. The Morgan fingerprint density at radius 1 is 1.14 bits per heavy atom. The summed E-state index contributed by atoms with van der Waals surface area (Å²) in [5, 5.41) is 8.72. The normalized spacial score (nSPS) is 10.0. The fourth-order valence-electron chi connectivity index (χ4n) is 2.00. The summed E-state index contributed by atoms with van der Waals surface area (Å²) in [4.78, 5) is 0. The summed E-state index contributed by atoms with van der Waals surface area (Å²) >= 11 is 0.